The van der Waals surface area contributed by atoms with Crippen molar-refractivity contribution in [1.29, 1.82) is 0 Å². The minimum atomic E-state index is -4.96. The summed E-state index contributed by atoms with van der Waals surface area (Å²) in [7, 11) is 0. The van der Waals surface area contributed by atoms with Gasteiger partial charge in [0.25, 0.3) is 0 Å². The molecular weight excluding hydrogens is 535 g/mol. The third-order valence-corrected chi connectivity index (χ3v) is 6.20. The van der Waals surface area contributed by atoms with Crippen LogP contribution in [0.2, 0.25) is 0 Å². The molecule has 0 saturated heterocycles. The van der Waals surface area contributed by atoms with Crippen LogP contribution in [-0.2, 0) is 12.0 Å². The van der Waals surface area contributed by atoms with Gasteiger partial charge >= 0.3 is 18.2 Å². The van der Waals surface area contributed by atoms with Crippen molar-refractivity contribution in [3.05, 3.63) is 114 Å². The first kappa shape index (κ1) is 26.7. The van der Waals surface area contributed by atoms with Crippen molar-refractivity contribution in [2.45, 2.75) is 24.2 Å². The molecule has 1 aromatic heterocycles. The lowest BCUT2D eigenvalue weighted by atomic mass is 9.80. The van der Waals surface area contributed by atoms with Gasteiger partial charge in [0.15, 0.2) is 11.5 Å². The summed E-state index contributed by atoms with van der Waals surface area (Å²) in [4.78, 5) is 17.7. The molecule has 0 saturated carbocycles. The number of hydrogen-bond acceptors (Lipinski definition) is 5. The highest BCUT2D eigenvalue weighted by Crippen LogP contribution is 2.48. The van der Waals surface area contributed by atoms with Crippen molar-refractivity contribution in [2.24, 2.45) is 0 Å². The molecule has 7 nitrogen and oxygen atoms in total. The molecule has 12 heteroatoms. The molecule has 0 radical (unpaired) electrons. The van der Waals surface area contributed by atoms with E-state index in [2.05, 4.69) is 25.1 Å². The average Bonchev–Trinajstić information content (AvgIpc) is 2.89. The van der Waals surface area contributed by atoms with E-state index in [4.69, 9.17) is 5.73 Å². The predicted molar refractivity (Wildman–Crippen MR) is 136 cm³/mol. The summed E-state index contributed by atoms with van der Waals surface area (Å²) in [5, 5.41) is 5.38. The zero-order valence-electron chi connectivity index (χ0n) is 20.5. The Labute approximate surface area is 224 Å². The largest absolute Gasteiger partial charge is 0.507 e. The van der Waals surface area contributed by atoms with Gasteiger partial charge < -0.3 is 25.8 Å². The highest BCUT2D eigenvalue weighted by atomic mass is 19.3. The smallest absolute Gasteiger partial charge is 0.421 e. The topological polar surface area (TPSA) is 98.5 Å². The van der Waals surface area contributed by atoms with Crippen LogP contribution in [0, 0.1) is 5.82 Å². The fourth-order valence-corrected chi connectivity index (χ4v) is 4.34. The molecule has 4 aromatic rings. The van der Waals surface area contributed by atoms with Gasteiger partial charge in [-0.15, -0.1) is 0 Å². The van der Waals surface area contributed by atoms with Crippen LogP contribution in [0.5, 0.6) is 11.5 Å². The average molecular weight is 556 g/mol. The van der Waals surface area contributed by atoms with E-state index in [1.165, 1.54) is 42.6 Å². The summed E-state index contributed by atoms with van der Waals surface area (Å²) in [5.41, 5.74) is 5.76. The van der Waals surface area contributed by atoms with Gasteiger partial charge in [0, 0.05) is 12.1 Å². The van der Waals surface area contributed by atoms with Gasteiger partial charge in [0.1, 0.15) is 11.4 Å². The van der Waals surface area contributed by atoms with Crippen molar-refractivity contribution >= 4 is 17.4 Å². The normalized spacial score (nSPS) is 16.4. The van der Waals surface area contributed by atoms with Gasteiger partial charge in [-0.3, -0.25) is 4.98 Å². The number of carbonyl (C=O) groups is 1. The van der Waals surface area contributed by atoms with E-state index >= 15 is 0 Å². The lowest BCUT2D eigenvalue weighted by Gasteiger charge is -2.37. The number of pyridine rings is 1. The van der Waals surface area contributed by atoms with Gasteiger partial charge in [0.05, 0.1) is 17.6 Å². The third-order valence-electron chi connectivity index (χ3n) is 6.20. The fourth-order valence-electron chi connectivity index (χ4n) is 4.34. The van der Waals surface area contributed by atoms with Gasteiger partial charge in [-0.25, -0.2) is 9.18 Å². The van der Waals surface area contributed by atoms with Crippen LogP contribution in [0.15, 0.2) is 91.1 Å². The van der Waals surface area contributed by atoms with E-state index in [0.29, 0.717) is 11.3 Å². The highest BCUT2D eigenvalue weighted by Gasteiger charge is 2.66. The zero-order valence-corrected chi connectivity index (χ0v) is 20.5. The second kappa shape index (κ2) is 10.0. The van der Waals surface area contributed by atoms with Crippen LogP contribution in [-0.4, -0.2) is 23.2 Å². The maximum Gasteiger partial charge on any atom is 0.507 e. The Hall–Kier alpha value is -4.87. The van der Waals surface area contributed by atoms with Crippen LogP contribution in [0.1, 0.15) is 16.8 Å². The lowest BCUT2D eigenvalue weighted by molar-refractivity contribution is -0.391. The molecular formula is C28H21F5N4O3. The number of ether oxygens (including phenoxy) is 2. The van der Waals surface area contributed by atoms with Crippen molar-refractivity contribution in [2.75, 3.05) is 11.1 Å². The first-order valence-electron chi connectivity index (χ1n) is 11.9. The van der Waals surface area contributed by atoms with E-state index in [-0.39, 0.29) is 23.4 Å². The van der Waals surface area contributed by atoms with E-state index in [1.54, 1.807) is 30.3 Å². The number of amides is 2. The first-order chi connectivity index (χ1) is 19.0. The van der Waals surface area contributed by atoms with E-state index in [0.717, 1.165) is 18.2 Å². The predicted octanol–water partition coefficient (Wildman–Crippen LogP) is 6.07. The Morgan fingerprint density at radius 1 is 0.875 bits per heavy atom. The molecule has 40 heavy (non-hydrogen) atoms. The van der Waals surface area contributed by atoms with Crippen molar-refractivity contribution in [1.82, 2.24) is 10.3 Å². The molecule has 0 spiro atoms. The molecule has 0 unspecified atom stereocenters. The van der Waals surface area contributed by atoms with Crippen LogP contribution < -0.4 is 25.8 Å². The SMILES string of the molecule is Nc1ccc([C@](Cc2ccccc2)(NC(=O)Nc2cccc(F)c2)c2ccc3c(c2)OC(F)(F)C(F)(F)O3)nc1. The van der Waals surface area contributed by atoms with Crippen molar-refractivity contribution in [3.63, 3.8) is 0 Å². The minimum absolute atomic E-state index is 0.0214. The molecule has 0 aliphatic carbocycles. The number of nitrogen functional groups attached to an aromatic ring is 1. The first-order valence-corrected chi connectivity index (χ1v) is 11.9. The highest BCUT2D eigenvalue weighted by molar-refractivity contribution is 5.90. The number of anilines is 2. The Kier molecular flexibility index (Phi) is 6.70. The molecule has 206 valence electrons. The second-order valence-corrected chi connectivity index (χ2v) is 9.03. The molecule has 4 N–H and O–H groups in total. The number of fused-ring (bicyclic) bond motifs is 1. The fraction of sp³-hybridized carbons (Fsp3) is 0.143. The van der Waals surface area contributed by atoms with Crippen LogP contribution >= 0.6 is 0 Å². The van der Waals surface area contributed by atoms with Crippen LogP contribution in [0.25, 0.3) is 0 Å². The summed E-state index contributed by atoms with van der Waals surface area (Å²) in [5.74, 6) is -1.88. The van der Waals surface area contributed by atoms with Gasteiger partial charge in [-0.1, -0.05) is 42.5 Å². The molecule has 2 amide bonds. The number of rotatable bonds is 6. The standard InChI is InChI=1S/C28H21F5N4O3/c29-19-7-4-8-21(14-19)36-25(38)37-26(15-17-5-2-1-3-6-17,24-12-10-20(34)16-35-24)18-9-11-22-23(13-18)40-28(32,33)27(30,31)39-22/h1-14,16H,15,34H2,(H2,36,37,38)/t26-/m1/s1. The number of halogens is 5. The van der Waals surface area contributed by atoms with Crippen molar-refractivity contribution < 1.29 is 36.2 Å². The van der Waals surface area contributed by atoms with Gasteiger partial charge in [0.2, 0.25) is 0 Å². The van der Waals surface area contributed by atoms with Crippen molar-refractivity contribution in [3.8, 4) is 11.5 Å². The Balaban J connectivity index is 1.65. The molecule has 5 rings (SSSR count). The molecule has 3 aromatic carbocycles. The van der Waals surface area contributed by atoms with Gasteiger partial charge in [-0.2, -0.15) is 17.6 Å². The maximum atomic E-state index is 14.1. The summed E-state index contributed by atoms with van der Waals surface area (Å²) in [6.07, 6.45) is -8.49. The van der Waals surface area contributed by atoms with Crippen LogP contribution in [0.3, 0.4) is 0 Å². The molecule has 1 aliphatic rings. The second-order valence-electron chi connectivity index (χ2n) is 9.03. The van der Waals surface area contributed by atoms with E-state index in [1.807, 2.05) is 0 Å². The van der Waals surface area contributed by atoms with E-state index in [9.17, 15) is 26.7 Å². The number of aromatic nitrogens is 1. The molecule has 0 bridgehead atoms. The van der Waals surface area contributed by atoms with E-state index < -0.39 is 41.1 Å². The molecule has 1 atom stereocenters. The number of nitrogens with zero attached hydrogens (tertiary/aromatic N) is 1. The zero-order chi connectivity index (χ0) is 28.5. The quantitative estimate of drug-likeness (QED) is 0.251. The summed E-state index contributed by atoms with van der Waals surface area (Å²) in [6.45, 7) is 0. The summed E-state index contributed by atoms with van der Waals surface area (Å²) < 4.78 is 78.0. The van der Waals surface area contributed by atoms with Gasteiger partial charge in [-0.05, 0) is 53.6 Å². The number of alkyl halides is 4. The Morgan fingerprint density at radius 2 is 1.60 bits per heavy atom. The number of urea groups is 1. The summed E-state index contributed by atoms with van der Waals surface area (Å²) >= 11 is 0. The number of nitrogens with two attached hydrogens (primary N) is 1. The number of benzene rings is 3. The van der Waals surface area contributed by atoms with Crippen LogP contribution in [0.4, 0.5) is 38.1 Å². The number of nitrogens with one attached hydrogen (secondary N) is 2. The number of hydrogen-bond donors (Lipinski definition) is 3. The Morgan fingerprint density at radius 3 is 2.27 bits per heavy atom. The summed E-state index contributed by atoms with van der Waals surface area (Å²) in [6, 6.07) is 19.7. The minimum Gasteiger partial charge on any atom is -0.421 e. The molecule has 1 aliphatic heterocycles. The molecule has 0 fully saturated rings. The molecule has 2 heterocycles. The third kappa shape index (κ3) is 5.20. The Bertz CT molecular complexity index is 1540. The lowest BCUT2D eigenvalue weighted by Crippen LogP contribution is -2.52. The number of carbonyl (C=O) groups excluding carboxylic acids is 1. The maximum absolute atomic E-state index is 14.1. The monoisotopic (exact) mass is 556 g/mol.